The molecule has 2 aliphatic heterocycles. The zero-order valence-corrected chi connectivity index (χ0v) is 29.8. The molecule has 49 heavy (non-hydrogen) atoms. The number of unbranched alkanes of at least 4 members (excludes halogenated alkanes) is 1. The van der Waals surface area contributed by atoms with Crippen LogP contribution in [0.1, 0.15) is 63.5 Å². The van der Waals surface area contributed by atoms with Gasteiger partial charge in [-0.15, -0.1) is 0 Å². The first-order chi connectivity index (χ1) is 24.0. The Morgan fingerprint density at radius 3 is 2.41 bits per heavy atom. The lowest BCUT2D eigenvalue weighted by atomic mass is 10.00. The molecule has 8 heteroatoms. The van der Waals surface area contributed by atoms with Crippen molar-refractivity contribution in [3.05, 3.63) is 83.4 Å². The van der Waals surface area contributed by atoms with Crippen LogP contribution in [0.4, 0.5) is 11.4 Å². The zero-order valence-electron chi connectivity index (χ0n) is 29.8. The van der Waals surface area contributed by atoms with Gasteiger partial charge >= 0.3 is 0 Å². The number of nitrogens with zero attached hydrogens (tertiary/aromatic N) is 2. The van der Waals surface area contributed by atoms with Crippen molar-refractivity contribution in [2.75, 3.05) is 76.6 Å². The number of carbonyl (C=O) groups is 1. The quantitative estimate of drug-likeness (QED) is 0.139. The van der Waals surface area contributed by atoms with Crippen LogP contribution in [0.25, 0.3) is 17.2 Å². The molecule has 0 radical (unpaired) electrons. The molecular weight excluding hydrogens is 614 g/mol. The van der Waals surface area contributed by atoms with Gasteiger partial charge in [0.2, 0.25) is 0 Å². The molecule has 0 spiro atoms. The number of nitrogens with one attached hydrogen (secondary N) is 1. The number of rotatable bonds is 18. The van der Waals surface area contributed by atoms with E-state index in [1.165, 1.54) is 5.56 Å². The van der Waals surface area contributed by atoms with Gasteiger partial charge in [-0.05, 0) is 111 Å². The standard InChI is InChI=1S/C41H55N3O5/c1-4-6-23-47-27-28-49-39-15-10-33(11-16-39)34-12-17-40-36(29-34)30-35(18-22-44(40)21-7-24-46-5-2)41(45)42-37-13-8-32(9-14-37)31-43(3)38-19-25-48-26-20-38/h8-17,29-30,38H,4-7,18-28,31H2,1-3H3,(H,42,45). The monoisotopic (exact) mass is 669 g/mol. The normalized spacial score (nSPS) is 15.1. The maximum absolute atomic E-state index is 13.7. The molecule has 3 aromatic carbocycles. The minimum Gasteiger partial charge on any atom is -0.491 e. The van der Waals surface area contributed by atoms with Gasteiger partial charge in [0, 0.05) is 75.7 Å². The van der Waals surface area contributed by atoms with E-state index in [0.29, 0.717) is 25.7 Å². The fourth-order valence-corrected chi connectivity index (χ4v) is 6.44. The van der Waals surface area contributed by atoms with Crippen LogP contribution in [-0.4, -0.2) is 83.2 Å². The van der Waals surface area contributed by atoms with Gasteiger partial charge in [0.25, 0.3) is 5.91 Å². The van der Waals surface area contributed by atoms with Gasteiger partial charge in [0.05, 0.1) is 6.61 Å². The number of benzene rings is 3. The van der Waals surface area contributed by atoms with Crippen LogP contribution < -0.4 is 15.0 Å². The number of carbonyl (C=O) groups excluding carboxylic acids is 1. The first-order valence-corrected chi connectivity index (χ1v) is 18.2. The average molecular weight is 670 g/mol. The van der Waals surface area contributed by atoms with E-state index in [2.05, 4.69) is 77.6 Å². The molecule has 0 bridgehead atoms. The Bertz CT molecular complexity index is 1470. The summed E-state index contributed by atoms with van der Waals surface area (Å²) in [5.74, 6) is 0.774. The Kier molecular flexibility index (Phi) is 14.5. The Labute approximate surface area is 293 Å². The van der Waals surface area contributed by atoms with Crippen LogP contribution in [0.5, 0.6) is 5.75 Å². The first kappa shape index (κ1) is 36.6. The third-order valence-electron chi connectivity index (χ3n) is 9.35. The molecule has 264 valence electrons. The number of hydrogen-bond donors (Lipinski definition) is 1. The summed E-state index contributed by atoms with van der Waals surface area (Å²) in [6.45, 7) is 11.7. The highest BCUT2D eigenvalue weighted by Gasteiger charge is 2.21. The molecule has 0 aliphatic carbocycles. The molecule has 1 fully saturated rings. The van der Waals surface area contributed by atoms with Crippen molar-refractivity contribution in [1.82, 2.24) is 4.90 Å². The van der Waals surface area contributed by atoms with Crippen LogP contribution in [0, 0.1) is 0 Å². The van der Waals surface area contributed by atoms with Gasteiger partial charge in [-0.25, -0.2) is 0 Å². The van der Waals surface area contributed by atoms with Crippen LogP contribution in [0.3, 0.4) is 0 Å². The smallest absolute Gasteiger partial charge is 0.251 e. The highest BCUT2D eigenvalue weighted by Crippen LogP contribution is 2.33. The van der Waals surface area contributed by atoms with Crippen LogP contribution in [0.2, 0.25) is 0 Å². The highest BCUT2D eigenvalue weighted by atomic mass is 16.5. The Morgan fingerprint density at radius 1 is 0.898 bits per heavy atom. The zero-order chi connectivity index (χ0) is 34.3. The van der Waals surface area contributed by atoms with Gasteiger partial charge in [0.15, 0.2) is 0 Å². The second kappa shape index (κ2) is 19.5. The summed E-state index contributed by atoms with van der Waals surface area (Å²) >= 11 is 0. The molecule has 3 aromatic rings. The molecule has 1 saturated heterocycles. The third-order valence-corrected chi connectivity index (χ3v) is 9.35. The van der Waals surface area contributed by atoms with Crippen molar-refractivity contribution < 1.29 is 23.7 Å². The molecular formula is C41H55N3O5. The van der Waals surface area contributed by atoms with E-state index >= 15 is 0 Å². The van der Waals surface area contributed by atoms with Crippen molar-refractivity contribution in [2.24, 2.45) is 0 Å². The molecule has 0 aromatic heterocycles. The lowest BCUT2D eigenvalue weighted by molar-refractivity contribution is -0.112. The molecule has 2 aliphatic rings. The predicted octanol–water partition coefficient (Wildman–Crippen LogP) is 7.82. The van der Waals surface area contributed by atoms with Gasteiger partial charge < -0.3 is 29.2 Å². The van der Waals surface area contributed by atoms with E-state index in [9.17, 15) is 4.79 Å². The van der Waals surface area contributed by atoms with Crippen molar-refractivity contribution in [2.45, 2.75) is 65.0 Å². The van der Waals surface area contributed by atoms with Gasteiger partial charge in [-0.3, -0.25) is 9.69 Å². The average Bonchev–Trinajstić information content (AvgIpc) is 3.32. The molecule has 0 unspecified atom stereocenters. The Balaban J connectivity index is 1.26. The van der Waals surface area contributed by atoms with Crippen molar-refractivity contribution >= 4 is 23.4 Å². The first-order valence-electron chi connectivity index (χ1n) is 18.2. The lowest BCUT2D eigenvalue weighted by Gasteiger charge is -2.31. The number of fused-ring (bicyclic) bond motifs is 1. The molecule has 1 amide bonds. The SMILES string of the molecule is CCCCOCCOc1ccc(-c2ccc3c(c2)C=C(C(=O)Nc2ccc(CN(C)C4CCOCC4)cc2)CCN3CCCOCC)cc1. The molecule has 0 atom stereocenters. The topological polar surface area (TPSA) is 72.5 Å². The summed E-state index contributed by atoms with van der Waals surface area (Å²) in [5.41, 5.74) is 7.21. The molecule has 5 rings (SSSR count). The molecule has 2 heterocycles. The van der Waals surface area contributed by atoms with E-state index in [0.717, 1.165) is 124 Å². The summed E-state index contributed by atoms with van der Waals surface area (Å²) in [6.07, 6.45) is 8.02. The fourth-order valence-electron chi connectivity index (χ4n) is 6.44. The second-order valence-electron chi connectivity index (χ2n) is 13.0. The van der Waals surface area contributed by atoms with Gasteiger partial charge in [-0.2, -0.15) is 0 Å². The minimum atomic E-state index is -0.0558. The van der Waals surface area contributed by atoms with Crippen molar-refractivity contribution in [3.63, 3.8) is 0 Å². The summed E-state index contributed by atoms with van der Waals surface area (Å²) in [6, 6.07) is 23.6. The summed E-state index contributed by atoms with van der Waals surface area (Å²) in [5, 5.41) is 3.17. The van der Waals surface area contributed by atoms with E-state index < -0.39 is 0 Å². The summed E-state index contributed by atoms with van der Waals surface area (Å²) in [4.78, 5) is 18.5. The number of ether oxygens (including phenoxy) is 4. The second-order valence-corrected chi connectivity index (χ2v) is 13.0. The Morgan fingerprint density at radius 2 is 1.65 bits per heavy atom. The summed E-state index contributed by atoms with van der Waals surface area (Å²) < 4.78 is 22.7. The number of amides is 1. The maximum atomic E-state index is 13.7. The van der Waals surface area contributed by atoms with Gasteiger partial charge in [-0.1, -0.05) is 43.7 Å². The van der Waals surface area contributed by atoms with Gasteiger partial charge in [0.1, 0.15) is 12.4 Å². The number of hydrogen-bond acceptors (Lipinski definition) is 7. The van der Waals surface area contributed by atoms with E-state index in [1.807, 2.05) is 31.2 Å². The van der Waals surface area contributed by atoms with E-state index in [4.69, 9.17) is 18.9 Å². The van der Waals surface area contributed by atoms with Crippen LogP contribution in [-0.2, 0) is 25.5 Å². The Hall–Kier alpha value is -3.69. The highest BCUT2D eigenvalue weighted by molar-refractivity contribution is 6.07. The van der Waals surface area contributed by atoms with Crippen LogP contribution >= 0.6 is 0 Å². The summed E-state index contributed by atoms with van der Waals surface area (Å²) in [7, 11) is 2.18. The number of anilines is 2. The predicted molar refractivity (Wildman–Crippen MR) is 199 cm³/mol. The largest absolute Gasteiger partial charge is 0.491 e. The van der Waals surface area contributed by atoms with Crippen molar-refractivity contribution in [1.29, 1.82) is 0 Å². The molecule has 1 N–H and O–H groups in total. The third kappa shape index (κ3) is 11.2. The van der Waals surface area contributed by atoms with E-state index in [-0.39, 0.29) is 5.91 Å². The maximum Gasteiger partial charge on any atom is 0.251 e. The minimum absolute atomic E-state index is 0.0558. The molecule has 8 nitrogen and oxygen atoms in total. The van der Waals surface area contributed by atoms with E-state index in [1.54, 1.807) is 0 Å². The fraction of sp³-hybridized carbons (Fsp3) is 0.488. The lowest BCUT2D eigenvalue weighted by Crippen LogP contribution is -2.36. The van der Waals surface area contributed by atoms with Crippen molar-refractivity contribution in [3.8, 4) is 16.9 Å². The van der Waals surface area contributed by atoms with Crippen LogP contribution in [0.15, 0.2) is 72.3 Å². The molecule has 0 saturated carbocycles.